The van der Waals surface area contributed by atoms with Crippen molar-refractivity contribution < 1.29 is 4.74 Å². The standard InChI is InChI=1S/C12H10O.C2H7N/c1-3-7-11(8-4-1)13-12-9-5-2-6-10-12;1-2-3/h1-10H;2-3H2,1H3. The van der Waals surface area contributed by atoms with Crippen LogP contribution in [0.4, 0.5) is 0 Å². The van der Waals surface area contributed by atoms with Gasteiger partial charge in [-0.25, -0.2) is 0 Å². The van der Waals surface area contributed by atoms with Gasteiger partial charge in [-0.05, 0) is 30.8 Å². The topological polar surface area (TPSA) is 35.2 Å². The quantitative estimate of drug-likeness (QED) is 0.832. The van der Waals surface area contributed by atoms with Crippen LogP contribution in [0.15, 0.2) is 60.7 Å². The molecular formula is C14H17NO. The Morgan fingerprint density at radius 1 is 0.812 bits per heavy atom. The zero-order valence-corrected chi connectivity index (χ0v) is 9.47. The number of rotatable bonds is 2. The minimum absolute atomic E-state index is 0.750. The zero-order chi connectivity index (χ0) is 11.6. The van der Waals surface area contributed by atoms with Crippen LogP contribution in [0.25, 0.3) is 0 Å². The average Bonchev–Trinajstić information content (AvgIpc) is 2.33. The molecule has 0 atom stereocenters. The predicted octanol–water partition coefficient (Wildman–Crippen LogP) is 3.44. The maximum atomic E-state index is 5.58. The fourth-order valence-corrected chi connectivity index (χ4v) is 1.11. The van der Waals surface area contributed by atoms with Crippen LogP contribution < -0.4 is 10.5 Å². The maximum Gasteiger partial charge on any atom is 0.127 e. The third-order valence-electron chi connectivity index (χ3n) is 1.72. The monoisotopic (exact) mass is 215 g/mol. The van der Waals surface area contributed by atoms with E-state index in [0.717, 1.165) is 18.0 Å². The van der Waals surface area contributed by atoms with Crippen LogP contribution in [0.5, 0.6) is 11.5 Å². The third kappa shape index (κ3) is 4.62. The highest BCUT2D eigenvalue weighted by molar-refractivity contribution is 5.30. The van der Waals surface area contributed by atoms with Gasteiger partial charge in [0.05, 0.1) is 0 Å². The lowest BCUT2D eigenvalue weighted by Gasteiger charge is -2.03. The van der Waals surface area contributed by atoms with Crippen LogP contribution in [0.3, 0.4) is 0 Å². The van der Waals surface area contributed by atoms with Crippen molar-refractivity contribution in [3.05, 3.63) is 60.7 Å². The summed E-state index contributed by atoms with van der Waals surface area (Å²) in [6, 6.07) is 19.5. The molecule has 0 bridgehead atoms. The second kappa shape index (κ2) is 7.49. The normalized spacial score (nSPS) is 8.88. The molecule has 0 saturated carbocycles. The van der Waals surface area contributed by atoms with Gasteiger partial charge >= 0.3 is 0 Å². The summed E-state index contributed by atoms with van der Waals surface area (Å²) in [5, 5.41) is 0. The highest BCUT2D eigenvalue weighted by atomic mass is 16.5. The zero-order valence-electron chi connectivity index (χ0n) is 9.47. The molecule has 2 N–H and O–H groups in total. The molecule has 0 fully saturated rings. The molecule has 2 rings (SSSR count). The van der Waals surface area contributed by atoms with Crippen LogP contribution >= 0.6 is 0 Å². The van der Waals surface area contributed by atoms with E-state index in [1.807, 2.05) is 67.6 Å². The molecule has 0 spiro atoms. The average molecular weight is 215 g/mol. The Bertz CT molecular complexity index is 335. The van der Waals surface area contributed by atoms with E-state index in [9.17, 15) is 0 Å². The molecule has 2 nitrogen and oxygen atoms in total. The summed E-state index contributed by atoms with van der Waals surface area (Å²) in [5.74, 6) is 1.74. The molecule has 2 aromatic carbocycles. The molecule has 16 heavy (non-hydrogen) atoms. The molecule has 0 aliphatic heterocycles. The lowest BCUT2D eigenvalue weighted by atomic mass is 10.3. The summed E-state index contributed by atoms with van der Waals surface area (Å²) in [7, 11) is 0. The van der Waals surface area contributed by atoms with Crippen molar-refractivity contribution in [3.8, 4) is 11.5 Å². The molecule has 0 unspecified atom stereocenters. The second-order valence-corrected chi connectivity index (χ2v) is 3.14. The first-order valence-corrected chi connectivity index (χ1v) is 5.34. The lowest BCUT2D eigenvalue weighted by molar-refractivity contribution is 0.482. The van der Waals surface area contributed by atoms with Gasteiger partial charge in [0.25, 0.3) is 0 Å². The Labute approximate surface area is 96.7 Å². The van der Waals surface area contributed by atoms with Gasteiger partial charge in [-0.2, -0.15) is 0 Å². The molecule has 2 aromatic rings. The number of para-hydroxylation sites is 2. The number of hydrogen-bond donors (Lipinski definition) is 1. The number of nitrogens with two attached hydrogens (primary N) is 1. The highest BCUT2D eigenvalue weighted by Crippen LogP contribution is 2.19. The SMILES string of the molecule is CCN.c1ccc(Oc2ccccc2)cc1. The smallest absolute Gasteiger partial charge is 0.127 e. The second-order valence-electron chi connectivity index (χ2n) is 3.14. The molecule has 0 aliphatic rings. The lowest BCUT2D eigenvalue weighted by Crippen LogP contribution is -1.87. The summed E-state index contributed by atoms with van der Waals surface area (Å²) in [5.41, 5.74) is 4.85. The van der Waals surface area contributed by atoms with Crippen LogP contribution in [0.2, 0.25) is 0 Å². The summed E-state index contributed by atoms with van der Waals surface area (Å²) < 4.78 is 5.58. The minimum atomic E-state index is 0.750. The molecule has 0 amide bonds. The minimum Gasteiger partial charge on any atom is -0.457 e. The first kappa shape index (κ1) is 12.3. The predicted molar refractivity (Wildman–Crippen MR) is 67.7 cm³/mol. The number of benzene rings is 2. The molecule has 0 aliphatic carbocycles. The van der Waals surface area contributed by atoms with E-state index in [0.29, 0.717) is 0 Å². The van der Waals surface area contributed by atoms with E-state index < -0.39 is 0 Å². The number of ether oxygens (including phenoxy) is 1. The van der Waals surface area contributed by atoms with Crippen molar-refractivity contribution in [2.75, 3.05) is 6.54 Å². The van der Waals surface area contributed by atoms with Crippen molar-refractivity contribution in [2.24, 2.45) is 5.73 Å². The van der Waals surface area contributed by atoms with E-state index >= 15 is 0 Å². The first-order valence-electron chi connectivity index (χ1n) is 5.34. The van der Waals surface area contributed by atoms with Crippen molar-refractivity contribution in [2.45, 2.75) is 6.92 Å². The van der Waals surface area contributed by atoms with E-state index in [4.69, 9.17) is 10.5 Å². The fourth-order valence-electron chi connectivity index (χ4n) is 1.11. The summed E-state index contributed by atoms with van der Waals surface area (Å²) in [6.45, 7) is 2.65. The van der Waals surface area contributed by atoms with Gasteiger partial charge in [0.15, 0.2) is 0 Å². The van der Waals surface area contributed by atoms with Crippen molar-refractivity contribution >= 4 is 0 Å². The molecule has 2 heteroatoms. The Morgan fingerprint density at radius 2 is 1.12 bits per heavy atom. The molecule has 0 aromatic heterocycles. The molecular weight excluding hydrogens is 198 g/mol. The summed E-state index contributed by atoms with van der Waals surface area (Å²) in [6.07, 6.45) is 0. The number of hydrogen-bond acceptors (Lipinski definition) is 2. The van der Waals surface area contributed by atoms with Crippen LogP contribution in [-0.4, -0.2) is 6.54 Å². The van der Waals surface area contributed by atoms with E-state index in [-0.39, 0.29) is 0 Å². The molecule has 0 saturated heterocycles. The van der Waals surface area contributed by atoms with Gasteiger partial charge in [0, 0.05) is 0 Å². The van der Waals surface area contributed by atoms with Gasteiger partial charge < -0.3 is 10.5 Å². The molecule has 0 heterocycles. The van der Waals surface area contributed by atoms with Crippen molar-refractivity contribution in [1.82, 2.24) is 0 Å². The largest absolute Gasteiger partial charge is 0.457 e. The Kier molecular flexibility index (Phi) is 5.74. The van der Waals surface area contributed by atoms with Gasteiger partial charge in [0.1, 0.15) is 11.5 Å². The van der Waals surface area contributed by atoms with Gasteiger partial charge in [-0.3, -0.25) is 0 Å². The highest BCUT2D eigenvalue weighted by Gasteiger charge is 1.92. The Morgan fingerprint density at radius 3 is 1.44 bits per heavy atom. The molecule has 0 radical (unpaired) electrons. The van der Waals surface area contributed by atoms with E-state index in [1.165, 1.54) is 0 Å². The molecule has 84 valence electrons. The van der Waals surface area contributed by atoms with Crippen LogP contribution in [-0.2, 0) is 0 Å². The third-order valence-corrected chi connectivity index (χ3v) is 1.72. The summed E-state index contributed by atoms with van der Waals surface area (Å²) >= 11 is 0. The Balaban J connectivity index is 0.000000386. The van der Waals surface area contributed by atoms with E-state index in [1.54, 1.807) is 0 Å². The van der Waals surface area contributed by atoms with Gasteiger partial charge in [-0.15, -0.1) is 0 Å². The fraction of sp³-hybridized carbons (Fsp3) is 0.143. The van der Waals surface area contributed by atoms with Gasteiger partial charge in [0.2, 0.25) is 0 Å². The summed E-state index contributed by atoms with van der Waals surface area (Å²) in [4.78, 5) is 0. The van der Waals surface area contributed by atoms with Gasteiger partial charge in [-0.1, -0.05) is 43.3 Å². The van der Waals surface area contributed by atoms with Crippen molar-refractivity contribution in [1.29, 1.82) is 0 Å². The van der Waals surface area contributed by atoms with Crippen molar-refractivity contribution in [3.63, 3.8) is 0 Å². The van der Waals surface area contributed by atoms with Crippen LogP contribution in [0.1, 0.15) is 6.92 Å². The maximum absolute atomic E-state index is 5.58. The van der Waals surface area contributed by atoms with E-state index in [2.05, 4.69) is 0 Å². The Hall–Kier alpha value is -1.80. The van der Waals surface area contributed by atoms with Crippen LogP contribution in [0, 0.1) is 0 Å². The first-order chi connectivity index (χ1) is 7.86.